The second-order valence-electron chi connectivity index (χ2n) is 4.34. The molecule has 2 aromatic carbocycles. The topological polar surface area (TPSA) is 46.5 Å². The predicted molar refractivity (Wildman–Crippen MR) is 79.4 cm³/mol. The highest BCUT2D eigenvalue weighted by Gasteiger charge is 2.07. The average Bonchev–Trinajstić information content (AvgIpc) is 2.42. The summed E-state index contributed by atoms with van der Waals surface area (Å²) in [6.07, 6.45) is -0.0127. The smallest absolute Gasteiger partial charge is 0.307 e. The standard InChI is InChI=1S/C16H15ClO3/c1-2-20-13-6-4-12(5-7-13)14-9-11(10-16(18)19)3-8-15(14)17/h3-9H,2,10H2,1H3,(H,18,19). The Morgan fingerprint density at radius 2 is 1.90 bits per heavy atom. The normalized spacial score (nSPS) is 10.3. The highest BCUT2D eigenvalue weighted by Crippen LogP contribution is 2.30. The van der Waals surface area contributed by atoms with Crippen LogP contribution in [0.3, 0.4) is 0 Å². The highest BCUT2D eigenvalue weighted by atomic mass is 35.5. The van der Waals surface area contributed by atoms with Crippen LogP contribution in [0.5, 0.6) is 5.75 Å². The summed E-state index contributed by atoms with van der Waals surface area (Å²) in [5, 5.41) is 9.44. The lowest BCUT2D eigenvalue weighted by molar-refractivity contribution is -0.136. The van der Waals surface area contributed by atoms with E-state index in [2.05, 4.69) is 0 Å². The van der Waals surface area contributed by atoms with Crippen molar-refractivity contribution in [2.24, 2.45) is 0 Å². The molecule has 2 aromatic rings. The number of hydrogen-bond acceptors (Lipinski definition) is 2. The fourth-order valence-corrected chi connectivity index (χ4v) is 2.20. The molecule has 0 aromatic heterocycles. The van der Waals surface area contributed by atoms with Crippen LogP contribution in [0.1, 0.15) is 12.5 Å². The average molecular weight is 291 g/mol. The largest absolute Gasteiger partial charge is 0.494 e. The van der Waals surface area contributed by atoms with Gasteiger partial charge in [0.2, 0.25) is 0 Å². The molecule has 0 heterocycles. The fraction of sp³-hybridized carbons (Fsp3) is 0.188. The Morgan fingerprint density at radius 1 is 1.20 bits per heavy atom. The summed E-state index contributed by atoms with van der Waals surface area (Å²) in [6, 6.07) is 12.8. The summed E-state index contributed by atoms with van der Waals surface area (Å²) in [4.78, 5) is 10.8. The lowest BCUT2D eigenvalue weighted by atomic mass is 10.0. The molecule has 0 aliphatic carbocycles. The molecule has 0 amide bonds. The van der Waals surface area contributed by atoms with Gasteiger partial charge >= 0.3 is 5.97 Å². The van der Waals surface area contributed by atoms with Crippen LogP contribution < -0.4 is 4.74 Å². The molecule has 0 radical (unpaired) electrons. The van der Waals surface area contributed by atoms with Crippen LogP contribution >= 0.6 is 11.6 Å². The molecular formula is C16H15ClO3. The van der Waals surface area contributed by atoms with Crippen LogP contribution in [0.4, 0.5) is 0 Å². The maximum atomic E-state index is 10.8. The van der Waals surface area contributed by atoms with E-state index in [-0.39, 0.29) is 6.42 Å². The molecule has 0 atom stereocenters. The van der Waals surface area contributed by atoms with Crippen molar-refractivity contribution >= 4 is 17.6 Å². The molecule has 0 spiro atoms. The minimum atomic E-state index is -0.857. The first-order valence-corrected chi connectivity index (χ1v) is 6.71. The van der Waals surface area contributed by atoms with Crippen LogP contribution in [-0.4, -0.2) is 17.7 Å². The van der Waals surface area contributed by atoms with Gasteiger partial charge in [0.15, 0.2) is 0 Å². The van der Waals surface area contributed by atoms with Gasteiger partial charge in [-0.3, -0.25) is 4.79 Å². The van der Waals surface area contributed by atoms with Crippen molar-refractivity contribution in [1.29, 1.82) is 0 Å². The Bertz CT molecular complexity index is 606. The Kier molecular flexibility index (Phi) is 4.64. The lowest BCUT2D eigenvalue weighted by Gasteiger charge is -2.08. The first kappa shape index (κ1) is 14.4. The summed E-state index contributed by atoms with van der Waals surface area (Å²) >= 11 is 6.19. The van der Waals surface area contributed by atoms with Gasteiger partial charge in [0.25, 0.3) is 0 Å². The third-order valence-corrected chi connectivity index (χ3v) is 3.19. The lowest BCUT2D eigenvalue weighted by Crippen LogP contribution is -2.00. The van der Waals surface area contributed by atoms with Crippen LogP contribution in [0.2, 0.25) is 5.02 Å². The van der Waals surface area contributed by atoms with Crippen molar-refractivity contribution in [2.75, 3.05) is 6.61 Å². The van der Waals surface area contributed by atoms with Crippen LogP contribution in [-0.2, 0) is 11.2 Å². The van der Waals surface area contributed by atoms with Crippen LogP contribution in [0.25, 0.3) is 11.1 Å². The summed E-state index contributed by atoms with van der Waals surface area (Å²) in [7, 11) is 0. The van der Waals surface area contributed by atoms with Crippen molar-refractivity contribution < 1.29 is 14.6 Å². The van der Waals surface area contributed by atoms with Crippen molar-refractivity contribution in [3.8, 4) is 16.9 Å². The fourth-order valence-electron chi connectivity index (χ4n) is 1.98. The van der Waals surface area contributed by atoms with Crippen molar-refractivity contribution in [3.63, 3.8) is 0 Å². The van der Waals surface area contributed by atoms with Gasteiger partial charge in [-0.2, -0.15) is 0 Å². The van der Waals surface area contributed by atoms with E-state index in [9.17, 15) is 4.79 Å². The second kappa shape index (κ2) is 6.44. The van der Waals surface area contributed by atoms with Gasteiger partial charge in [-0.05, 0) is 42.3 Å². The second-order valence-corrected chi connectivity index (χ2v) is 4.75. The first-order chi connectivity index (χ1) is 9.60. The van der Waals surface area contributed by atoms with Gasteiger partial charge in [0.05, 0.1) is 13.0 Å². The van der Waals surface area contributed by atoms with Gasteiger partial charge in [-0.1, -0.05) is 29.8 Å². The third-order valence-electron chi connectivity index (χ3n) is 2.86. The summed E-state index contributed by atoms with van der Waals surface area (Å²) in [5.41, 5.74) is 2.49. The number of carbonyl (C=O) groups is 1. The molecule has 2 rings (SSSR count). The Morgan fingerprint density at radius 3 is 2.50 bits per heavy atom. The number of carboxylic acid groups (broad SMARTS) is 1. The minimum Gasteiger partial charge on any atom is -0.494 e. The van der Waals surface area contributed by atoms with Gasteiger partial charge in [0.1, 0.15) is 5.75 Å². The van der Waals surface area contributed by atoms with E-state index in [0.29, 0.717) is 11.6 Å². The Hall–Kier alpha value is -2.00. The molecule has 0 saturated heterocycles. The van der Waals surface area contributed by atoms with Gasteiger partial charge < -0.3 is 9.84 Å². The zero-order chi connectivity index (χ0) is 14.5. The molecule has 0 aliphatic heterocycles. The number of aliphatic carboxylic acids is 1. The molecule has 3 nitrogen and oxygen atoms in total. The molecule has 0 unspecified atom stereocenters. The van der Waals surface area contributed by atoms with Crippen molar-refractivity contribution in [1.82, 2.24) is 0 Å². The Balaban J connectivity index is 2.33. The van der Waals surface area contributed by atoms with E-state index in [1.165, 1.54) is 0 Å². The molecule has 1 N–H and O–H groups in total. The summed E-state index contributed by atoms with van der Waals surface area (Å²) in [5.74, 6) is -0.0565. The zero-order valence-corrected chi connectivity index (χ0v) is 11.9. The molecule has 20 heavy (non-hydrogen) atoms. The predicted octanol–water partition coefficient (Wildman–Crippen LogP) is 4.03. The molecule has 4 heteroatoms. The van der Waals surface area contributed by atoms with E-state index < -0.39 is 5.97 Å². The summed E-state index contributed by atoms with van der Waals surface area (Å²) < 4.78 is 5.39. The van der Waals surface area contributed by atoms with E-state index in [4.69, 9.17) is 21.4 Å². The maximum Gasteiger partial charge on any atom is 0.307 e. The summed E-state index contributed by atoms with van der Waals surface area (Å²) in [6.45, 7) is 2.55. The van der Waals surface area contributed by atoms with Gasteiger partial charge in [-0.15, -0.1) is 0 Å². The number of ether oxygens (including phenoxy) is 1. The maximum absolute atomic E-state index is 10.8. The van der Waals surface area contributed by atoms with Gasteiger partial charge in [-0.25, -0.2) is 0 Å². The molecule has 0 bridgehead atoms. The quantitative estimate of drug-likeness (QED) is 0.904. The molecular weight excluding hydrogens is 276 g/mol. The molecule has 104 valence electrons. The molecule has 0 aliphatic rings. The van der Waals surface area contributed by atoms with Crippen LogP contribution in [0, 0.1) is 0 Å². The minimum absolute atomic E-state index is 0.0127. The van der Waals surface area contributed by atoms with Crippen molar-refractivity contribution in [2.45, 2.75) is 13.3 Å². The van der Waals surface area contributed by atoms with E-state index in [1.807, 2.05) is 37.3 Å². The van der Waals surface area contributed by atoms with Crippen molar-refractivity contribution in [3.05, 3.63) is 53.1 Å². The van der Waals surface area contributed by atoms with Crippen LogP contribution in [0.15, 0.2) is 42.5 Å². The zero-order valence-electron chi connectivity index (χ0n) is 11.1. The number of hydrogen-bond donors (Lipinski definition) is 1. The highest BCUT2D eigenvalue weighted by molar-refractivity contribution is 6.33. The molecule has 0 saturated carbocycles. The SMILES string of the molecule is CCOc1ccc(-c2cc(CC(=O)O)ccc2Cl)cc1. The number of rotatable bonds is 5. The first-order valence-electron chi connectivity index (χ1n) is 6.33. The third kappa shape index (κ3) is 3.52. The number of carboxylic acids is 1. The molecule has 0 fully saturated rings. The van der Waals surface area contributed by atoms with Gasteiger partial charge in [0, 0.05) is 10.6 Å². The van der Waals surface area contributed by atoms with E-state index >= 15 is 0 Å². The number of halogens is 1. The van der Waals surface area contributed by atoms with E-state index in [1.54, 1.807) is 12.1 Å². The Labute approximate surface area is 122 Å². The monoisotopic (exact) mass is 290 g/mol. The van der Waals surface area contributed by atoms with E-state index in [0.717, 1.165) is 22.4 Å². The number of benzene rings is 2.